The number of nitrogens with zero attached hydrogens (tertiary/aromatic N) is 5. The lowest BCUT2D eigenvalue weighted by atomic mass is 9.94. The number of nitrogens with one attached hydrogen (secondary N) is 1. The van der Waals surface area contributed by atoms with Gasteiger partial charge in [-0.25, -0.2) is 27.9 Å². The molecule has 1 aromatic carbocycles. The molecule has 1 N–H and O–H groups in total. The highest BCUT2D eigenvalue weighted by molar-refractivity contribution is 7.89. The SMILES string of the molecule is Cc1ccccc1-n1c(CC2CCN(S(=O)(=O)c3cn(C)cn3)CC2)n[nH]c1=O. The predicted octanol–water partition coefficient (Wildman–Crippen LogP) is 1.25. The molecule has 0 radical (unpaired) electrons. The first kappa shape index (κ1) is 19.6. The molecule has 1 fully saturated rings. The third kappa shape index (κ3) is 3.77. The molecule has 0 unspecified atom stereocenters. The average molecular weight is 417 g/mol. The molecule has 10 heteroatoms. The van der Waals surface area contributed by atoms with E-state index in [1.165, 1.54) is 16.8 Å². The zero-order valence-corrected chi connectivity index (χ0v) is 17.3. The second-order valence-electron chi connectivity index (χ2n) is 7.50. The molecule has 1 saturated heterocycles. The number of aromatic amines is 1. The van der Waals surface area contributed by atoms with Crippen molar-refractivity contribution in [1.82, 2.24) is 28.6 Å². The van der Waals surface area contributed by atoms with Gasteiger partial charge >= 0.3 is 5.69 Å². The van der Waals surface area contributed by atoms with Gasteiger partial charge < -0.3 is 4.57 Å². The summed E-state index contributed by atoms with van der Waals surface area (Å²) in [5.74, 6) is 0.929. The highest BCUT2D eigenvalue weighted by Crippen LogP contribution is 2.25. The van der Waals surface area contributed by atoms with Crippen LogP contribution in [0.2, 0.25) is 0 Å². The number of hydrogen-bond donors (Lipinski definition) is 1. The monoisotopic (exact) mass is 416 g/mol. The van der Waals surface area contributed by atoms with E-state index in [1.54, 1.807) is 16.2 Å². The van der Waals surface area contributed by atoms with Crippen molar-refractivity contribution < 1.29 is 8.42 Å². The molecule has 4 rings (SSSR count). The highest BCUT2D eigenvalue weighted by Gasteiger charge is 2.31. The summed E-state index contributed by atoms with van der Waals surface area (Å²) in [5, 5.41) is 6.86. The van der Waals surface area contributed by atoms with Gasteiger partial charge in [-0.3, -0.25) is 0 Å². The van der Waals surface area contributed by atoms with E-state index in [9.17, 15) is 13.2 Å². The third-order valence-electron chi connectivity index (χ3n) is 5.43. The summed E-state index contributed by atoms with van der Waals surface area (Å²) in [6.07, 6.45) is 5.04. The van der Waals surface area contributed by atoms with Crippen molar-refractivity contribution in [3.05, 3.63) is 58.7 Å². The van der Waals surface area contributed by atoms with Gasteiger partial charge in [-0.15, -0.1) is 0 Å². The van der Waals surface area contributed by atoms with Crippen LogP contribution in [0, 0.1) is 12.8 Å². The van der Waals surface area contributed by atoms with Gasteiger partial charge in [0.2, 0.25) is 0 Å². The maximum atomic E-state index is 12.7. The summed E-state index contributed by atoms with van der Waals surface area (Å²) in [7, 11) is -1.82. The van der Waals surface area contributed by atoms with Crippen LogP contribution in [0.4, 0.5) is 0 Å². The van der Waals surface area contributed by atoms with Gasteiger partial charge in [0.1, 0.15) is 5.82 Å². The normalized spacial score (nSPS) is 16.3. The molecule has 0 atom stereocenters. The number of para-hydroxylation sites is 1. The molecular formula is C19H24N6O3S. The number of sulfonamides is 1. The molecule has 1 aliphatic rings. The topological polar surface area (TPSA) is 106 Å². The Bertz CT molecular complexity index is 1170. The lowest BCUT2D eigenvalue weighted by Gasteiger charge is -2.30. The number of H-pyrrole nitrogens is 1. The summed E-state index contributed by atoms with van der Waals surface area (Å²) in [6.45, 7) is 2.82. The van der Waals surface area contributed by atoms with E-state index in [0.717, 1.165) is 11.3 Å². The number of rotatable bonds is 5. The Balaban J connectivity index is 1.48. The summed E-state index contributed by atoms with van der Waals surface area (Å²) >= 11 is 0. The molecule has 9 nitrogen and oxygen atoms in total. The minimum absolute atomic E-state index is 0.0825. The van der Waals surface area contributed by atoms with Gasteiger partial charge in [0, 0.05) is 32.8 Å². The van der Waals surface area contributed by atoms with Gasteiger partial charge in [0.15, 0.2) is 5.03 Å². The van der Waals surface area contributed by atoms with E-state index in [-0.39, 0.29) is 16.6 Å². The Morgan fingerprint density at radius 3 is 2.59 bits per heavy atom. The van der Waals surface area contributed by atoms with Crippen molar-refractivity contribution in [3.63, 3.8) is 0 Å². The van der Waals surface area contributed by atoms with Gasteiger partial charge in [-0.05, 0) is 37.3 Å². The van der Waals surface area contributed by atoms with Crippen LogP contribution in [-0.4, -0.2) is 50.1 Å². The second kappa shape index (κ2) is 7.60. The average Bonchev–Trinajstić information content (AvgIpc) is 3.29. The van der Waals surface area contributed by atoms with Crippen LogP contribution in [0.3, 0.4) is 0 Å². The van der Waals surface area contributed by atoms with E-state index in [1.807, 2.05) is 31.2 Å². The molecule has 154 valence electrons. The van der Waals surface area contributed by atoms with Crippen molar-refractivity contribution in [2.75, 3.05) is 13.1 Å². The fourth-order valence-electron chi connectivity index (χ4n) is 3.80. The number of benzene rings is 1. The fraction of sp³-hybridized carbons (Fsp3) is 0.421. The molecule has 0 aliphatic carbocycles. The van der Waals surface area contributed by atoms with Crippen molar-refractivity contribution in [3.8, 4) is 5.69 Å². The lowest BCUT2D eigenvalue weighted by molar-refractivity contribution is 0.269. The van der Waals surface area contributed by atoms with Crippen molar-refractivity contribution in [2.24, 2.45) is 13.0 Å². The lowest BCUT2D eigenvalue weighted by Crippen LogP contribution is -2.39. The molecular weight excluding hydrogens is 392 g/mol. The van der Waals surface area contributed by atoms with Crippen LogP contribution < -0.4 is 5.69 Å². The summed E-state index contributed by atoms with van der Waals surface area (Å²) in [4.78, 5) is 16.3. The number of aryl methyl sites for hydroxylation is 2. The van der Waals surface area contributed by atoms with E-state index < -0.39 is 10.0 Å². The van der Waals surface area contributed by atoms with Crippen LogP contribution in [-0.2, 0) is 23.5 Å². The zero-order valence-electron chi connectivity index (χ0n) is 16.4. The summed E-state index contributed by atoms with van der Waals surface area (Å²) < 4.78 is 30.2. The largest absolute Gasteiger partial charge is 0.347 e. The smallest absolute Gasteiger partial charge is 0.339 e. The summed E-state index contributed by atoms with van der Waals surface area (Å²) in [6, 6.07) is 7.69. The molecule has 3 heterocycles. The Morgan fingerprint density at radius 1 is 1.21 bits per heavy atom. The van der Waals surface area contributed by atoms with E-state index in [0.29, 0.717) is 38.2 Å². The van der Waals surface area contributed by atoms with Crippen LogP contribution in [0.25, 0.3) is 5.69 Å². The van der Waals surface area contributed by atoms with Gasteiger partial charge in [-0.2, -0.15) is 9.40 Å². The van der Waals surface area contributed by atoms with Gasteiger partial charge in [0.05, 0.1) is 12.0 Å². The first-order chi connectivity index (χ1) is 13.9. The third-order valence-corrected chi connectivity index (χ3v) is 7.21. The highest BCUT2D eigenvalue weighted by atomic mass is 32.2. The minimum atomic E-state index is -3.57. The maximum Gasteiger partial charge on any atom is 0.347 e. The molecule has 0 saturated carbocycles. The van der Waals surface area contributed by atoms with Crippen molar-refractivity contribution >= 4 is 10.0 Å². The first-order valence-corrected chi connectivity index (χ1v) is 11.0. The van der Waals surface area contributed by atoms with Crippen LogP contribution in [0.15, 0.2) is 46.6 Å². The van der Waals surface area contributed by atoms with Gasteiger partial charge in [0.25, 0.3) is 10.0 Å². The maximum absolute atomic E-state index is 12.7. The standard InChI is InChI=1S/C19H24N6O3S/c1-14-5-3-4-6-16(14)25-17(21-22-19(25)26)11-15-7-9-24(10-8-15)29(27,28)18-12-23(2)13-20-18/h3-6,12-13,15H,7-11H2,1-2H3,(H,22,26). The molecule has 0 spiro atoms. The van der Waals surface area contributed by atoms with Crippen LogP contribution in [0.1, 0.15) is 24.2 Å². The van der Waals surface area contributed by atoms with Crippen LogP contribution in [0.5, 0.6) is 0 Å². The molecule has 29 heavy (non-hydrogen) atoms. The number of hydrogen-bond acceptors (Lipinski definition) is 5. The van der Waals surface area contributed by atoms with Gasteiger partial charge in [-0.1, -0.05) is 18.2 Å². The Labute approximate surface area is 169 Å². The summed E-state index contributed by atoms with van der Waals surface area (Å²) in [5.41, 5.74) is 1.55. The zero-order chi connectivity index (χ0) is 20.6. The number of imidazole rings is 1. The molecule has 1 aliphatic heterocycles. The molecule has 0 amide bonds. The number of piperidine rings is 1. The molecule has 3 aromatic rings. The Hall–Kier alpha value is -2.72. The van der Waals surface area contributed by atoms with Crippen LogP contribution >= 0.6 is 0 Å². The van der Waals surface area contributed by atoms with E-state index in [4.69, 9.17) is 0 Å². The predicted molar refractivity (Wildman–Crippen MR) is 107 cm³/mol. The van der Waals surface area contributed by atoms with E-state index in [2.05, 4.69) is 15.2 Å². The van der Waals surface area contributed by atoms with Crippen molar-refractivity contribution in [2.45, 2.75) is 31.2 Å². The molecule has 0 bridgehead atoms. The van der Waals surface area contributed by atoms with E-state index >= 15 is 0 Å². The minimum Gasteiger partial charge on any atom is -0.339 e. The Morgan fingerprint density at radius 2 is 1.93 bits per heavy atom. The second-order valence-corrected chi connectivity index (χ2v) is 9.38. The fourth-order valence-corrected chi connectivity index (χ4v) is 5.23. The Kier molecular flexibility index (Phi) is 5.13. The quantitative estimate of drug-likeness (QED) is 0.674. The number of aromatic nitrogens is 5. The molecule has 2 aromatic heterocycles. The van der Waals surface area contributed by atoms with Crippen molar-refractivity contribution in [1.29, 1.82) is 0 Å². The first-order valence-electron chi connectivity index (χ1n) is 9.56.